The van der Waals surface area contributed by atoms with Gasteiger partial charge in [-0.1, -0.05) is 15.9 Å². The number of carbonyl (C=O) groups excluding carboxylic acids is 1. The van der Waals surface area contributed by atoms with Gasteiger partial charge in [-0.25, -0.2) is 0 Å². The van der Waals surface area contributed by atoms with E-state index in [1.54, 1.807) is 6.07 Å². The highest BCUT2D eigenvalue weighted by Crippen LogP contribution is 2.23. The topological polar surface area (TPSA) is 75.4 Å². The average Bonchev–Trinajstić information content (AvgIpc) is 2.31. The van der Waals surface area contributed by atoms with Crippen LogP contribution in [-0.4, -0.2) is 11.0 Å². The number of halogens is 1. The van der Waals surface area contributed by atoms with Crippen molar-refractivity contribution < 1.29 is 9.90 Å². The van der Waals surface area contributed by atoms with Gasteiger partial charge in [0.05, 0.1) is 5.69 Å². The van der Waals surface area contributed by atoms with E-state index in [-0.39, 0.29) is 17.3 Å². The van der Waals surface area contributed by atoms with E-state index in [2.05, 4.69) is 21.2 Å². The van der Waals surface area contributed by atoms with Crippen LogP contribution in [-0.2, 0) is 0 Å². The fourth-order valence-corrected chi connectivity index (χ4v) is 2.30. The standard InChI is InChI=1S/C14H13BrN2O2/c1-8-4-10(15)7-11(5-8)17-14(19)9-2-3-12(16)13(18)6-9/h2-7,18H,16H2,1H3,(H,17,19). The third kappa shape index (κ3) is 3.26. The Balaban J connectivity index is 2.22. The second kappa shape index (κ2) is 5.32. The minimum absolute atomic E-state index is 0.0990. The molecule has 0 aliphatic carbocycles. The highest BCUT2D eigenvalue weighted by atomic mass is 79.9. The number of anilines is 2. The van der Waals surface area contributed by atoms with Crippen LogP contribution in [0.25, 0.3) is 0 Å². The van der Waals surface area contributed by atoms with E-state index in [1.165, 1.54) is 12.1 Å². The van der Waals surface area contributed by atoms with E-state index in [1.807, 2.05) is 25.1 Å². The molecule has 5 heteroatoms. The molecule has 0 radical (unpaired) electrons. The summed E-state index contributed by atoms with van der Waals surface area (Å²) < 4.78 is 0.892. The van der Waals surface area contributed by atoms with Crippen LogP contribution in [0.4, 0.5) is 11.4 Å². The van der Waals surface area contributed by atoms with Crippen molar-refractivity contribution in [2.45, 2.75) is 6.92 Å². The molecule has 0 heterocycles. The van der Waals surface area contributed by atoms with Crippen LogP contribution in [0.5, 0.6) is 5.75 Å². The molecule has 0 unspecified atom stereocenters. The molecule has 1 amide bonds. The number of benzene rings is 2. The summed E-state index contributed by atoms with van der Waals surface area (Å²) in [6.07, 6.45) is 0. The molecule has 2 aromatic rings. The molecular weight excluding hydrogens is 308 g/mol. The normalized spacial score (nSPS) is 10.2. The van der Waals surface area contributed by atoms with Gasteiger partial charge in [-0.3, -0.25) is 4.79 Å². The van der Waals surface area contributed by atoms with Crippen LogP contribution >= 0.6 is 15.9 Å². The van der Waals surface area contributed by atoms with E-state index in [0.717, 1.165) is 10.0 Å². The maximum Gasteiger partial charge on any atom is 0.255 e. The molecule has 0 saturated carbocycles. The Kier molecular flexibility index (Phi) is 3.76. The molecule has 0 aromatic heterocycles. The monoisotopic (exact) mass is 320 g/mol. The summed E-state index contributed by atoms with van der Waals surface area (Å²) in [5, 5.41) is 12.3. The predicted molar refractivity (Wildman–Crippen MR) is 79.4 cm³/mol. The molecule has 0 saturated heterocycles. The first-order chi connectivity index (χ1) is 8.95. The molecule has 0 aliphatic rings. The van der Waals surface area contributed by atoms with Crippen molar-refractivity contribution >= 4 is 33.2 Å². The molecule has 0 bridgehead atoms. The Bertz CT molecular complexity index is 621. The lowest BCUT2D eigenvalue weighted by Gasteiger charge is -2.08. The fourth-order valence-electron chi connectivity index (χ4n) is 1.70. The van der Waals surface area contributed by atoms with Crippen LogP contribution in [0.3, 0.4) is 0 Å². The Morgan fingerprint density at radius 2 is 2.00 bits per heavy atom. The third-order valence-corrected chi connectivity index (χ3v) is 3.05. The number of phenols is 1. The zero-order valence-corrected chi connectivity index (χ0v) is 11.9. The minimum atomic E-state index is -0.298. The number of hydrogen-bond acceptors (Lipinski definition) is 3. The Hall–Kier alpha value is -2.01. The van der Waals surface area contributed by atoms with Crippen molar-refractivity contribution in [2.24, 2.45) is 0 Å². The fraction of sp³-hybridized carbons (Fsp3) is 0.0714. The maximum absolute atomic E-state index is 12.0. The van der Waals surface area contributed by atoms with Crippen molar-refractivity contribution in [1.82, 2.24) is 0 Å². The number of aromatic hydroxyl groups is 1. The third-order valence-electron chi connectivity index (χ3n) is 2.59. The summed E-state index contributed by atoms with van der Waals surface area (Å²) in [4.78, 5) is 12.0. The van der Waals surface area contributed by atoms with E-state index in [0.29, 0.717) is 11.3 Å². The second-order valence-corrected chi connectivity index (χ2v) is 5.16. The summed E-state index contributed by atoms with van der Waals surface area (Å²) in [5.74, 6) is -0.397. The highest BCUT2D eigenvalue weighted by Gasteiger charge is 2.09. The number of nitrogens with two attached hydrogens (primary N) is 1. The lowest BCUT2D eigenvalue weighted by molar-refractivity contribution is 0.102. The average molecular weight is 321 g/mol. The molecule has 4 nitrogen and oxygen atoms in total. The number of aryl methyl sites for hydroxylation is 1. The van der Waals surface area contributed by atoms with Crippen molar-refractivity contribution in [1.29, 1.82) is 0 Å². The lowest BCUT2D eigenvalue weighted by atomic mass is 10.1. The minimum Gasteiger partial charge on any atom is -0.506 e. The van der Waals surface area contributed by atoms with E-state index in [4.69, 9.17) is 5.73 Å². The summed E-state index contributed by atoms with van der Waals surface area (Å²) in [6, 6.07) is 10.0. The smallest absolute Gasteiger partial charge is 0.255 e. The number of hydrogen-bond donors (Lipinski definition) is 3. The zero-order valence-electron chi connectivity index (χ0n) is 10.3. The zero-order chi connectivity index (χ0) is 14.0. The summed E-state index contributed by atoms with van der Waals surface area (Å²) in [5.41, 5.74) is 7.81. The molecule has 4 N–H and O–H groups in total. The number of carbonyl (C=O) groups is 1. The molecule has 0 aliphatic heterocycles. The van der Waals surface area contributed by atoms with Gasteiger partial charge in [0.25, 0.3) is 5.91 Å². The molecule has 98 valence electrons. The van der Waals surface area contributed by atoms with Crippen LogP contribution in [0.1, 0.15) is 15.9 Å². The Morgan fingerprint density at radius 1 is 1.26 bits per heavy atom. The van der Waals surface area contributed by atoms with Gasteiger partial charge in [-0.2, -0.15) is 0 Å². The van der Waals surface area contributed by atoms with E-state index in [9.17, 15) is 9.90 Å². The summed E-state index contributed by atoms with van der Waals surface area (Å²) in [7, 11) is 0. The number of phenolic OH excluding ortho intramolecular Hbond substituents is 1. The van der Waals surface area contributed by atoms with Gasteiger partial charge in [-0.15, -0.1) is 0 Å². The van der Waals surface area contributed by atoms with Crippen LogP contribution in [0, 0.1) is 6.92 Å². The van der Waals surface area contributed by atoms with Crippen molar-refractivity contribution in [3.63, 3.8) is 0 Å². The van der Waals surface area contributed by atoms with Crippen molar-refractivity contribution in [3.8, 4) is 5.75 Å². The van der Waals surface area contributed by atoms with Gasteiger partial charge in [0.1, 0.15) is 5.75 Å². The molecule has 19 heavy (non-hydrogen) atoms. The van der Waals surface area contributed by atoms with Gasteiger partial charge >= 0.3 is 0 Å². The first-order valence-electron chi connectivity index (χ1n) is 5.63. The summed E-state index contributed by atoms with van der Waals surface area (Å²) >= 11 is 3.37. The first kappa shape index (κ1) is 13.4. The number of nitrogen functional groups attached to an aromatic ring is 1. The molecule has 2 rings (SSSR count). The van der Waals surface area contributed by atoms with Crippen molar-refractivity contribution in [2.75, 3.05) is 11.1 Å². The molecular formula is C14H13BrN2O2. The largest absolute Gasteiger partial charge is 0.506 e. The van der Waals surface area contributed by atoms with Crippen LogP contribution < -0.4 is 11.1 Å². The Morgan fingerprint density at radius 3 is 2.63 bits per heavy atom. The van der Waals surface area contributed by atoms with Crippen LogP contribution in [0.15, 0.2) is 40.9 Å². The predicted octanol–water partition coefficient (Wildman–Crippen LogP) is 3.30. The molecule has 0 fully saturated rings. The molecule has 0 atom stereocenters. The number of nitrogens with one attached hydrogen (secondary N) is 1. The SMILES string of the molecule is Cc1cc(Br)cc(NC(=O)c2ccc(N)c(O)c2)c1. The van der Waals surface area contributed by atoms with E-state index < -0.39 is 0 Å². The van der Waals surface area contributed by atoms with Gasteiger partial charge < -0.3 is 16.2 Å². The molecule has 2 aromatic carbocycles. The number of rotatable bonds is 2. The van der Waals surface area contributed by atoms with Gasteiger partial charge in [0.15, 0.2) is 0 Å². The van der Waals surface area contributed by atoms with Gasteiger partial charge in [0.2, 0.25) is 0 Å². The Labute approximate surface area is 119 Å². The quantitative estimate of drug-likeness (QED) is 0.587. The maximum atomic E-state index is 12.0. The van der Waals surface area contributed by atoms with Crippen LogP contribution in [0.2, 0.25) is 0 Å². The number of amides is 1. The van der Waals surface area contributed by atoms with Gasteiger partial charge in [-0.05, 0) is 48.9 Å². The highest BCUT2D eigenvalue weighted by molar-refractivity contribution is 9.10. The van der Waals surface area contributed by atoms with Crippen molar-refractivity contribution in [3.05, 3.63) is 52.0 Å². The van der Waals surface area contributed by atoms with Gasteiger partial charge in [0, 0.05) is 15.7 Å². The second-order valence-electron chi connectivity index (χ2n) is 4.24. The first-order valence-corrected chi connectivity index (χ1v) is 6.42. The van der Waals surface area contributed by atoms with E-state index >= 15 is 0 Å². The lowest BCUT2D eigenvalue weighted by Crippen LogP contribution is -2.12. The summed E-state index contributed by atoms with van der Waals surface area (Å²) in [6.45, 7) is 1.94. The molecule has 0 spiro atoms.